The van der Waals surface area contributed by atoms with E-state index >= 15 is 0 Å². The lowest BCUT2D eigenvalue weighted by molar-refractivity contribution is -0.121. The second-order valence-electron chi connectivity index (χ2n) is 5.26. The van der Waals surface area contributed by atoms with Crippen LogP contribution in [-0.4, -0.2) is 50.8 Å². The third-order valence-electron chi connectivity index (χ3n) is 3.83. The maximum atomic E-state index is 12.4. The van der Waals surface area contributed by atoms with Gasteiger partial charge >= 0.3 is 0 Å². The molecule has 2 fully saturated rings. The van der Waals surface area contributed by atoms with Crippen molar-refractivity contribution in [2.75, 3.05) is 23.9 Å². The summed E-state index contributed by atoms with van der Waals surface area (Å²) in [6.07, 6.45) is 4.68. The molecule has 0 saturated carbocycles. The molecular weight excluding hydrogens is 306 g/mol. The molecule has 2 saturated heterocycles. The number of ether oxygens (including phenoxy) is 1. The van der Waals surface area contributed by atoms with E-state index in [1.807, 2.05) is 28.8 Å². The fourth-order valence-corrected chi connectivity index (χ4v) is 5.25. The van der Waals surface area contributed by atoms with Gasteiger partial charge in [-0.2, -0.15) is 16.9 Å². The summed E-state index contributed by atoms with van der Waals surface area (Å²) in [5.74, 6) is 3.30. The normalized spacial score (nSPS) is 29.5. The number of carbonyl (C=O) groups is 1. The Morgan fingerprint density at radius 2 is 2.48 bits per heavy atom. The first-order valence-electron chi connectivity index (χ1n) is 7.41. The number of nitrogens with zero attached hydrogens (tertiary/aromatic N) is 2. The molecule has 0 bridgehead atoms. The van der Waals surface area contributed by atoms with Gasteiger partial charge in [0.05, 0.1) is 17.5 Å². The minimum absolute atomic E-state index is 0.0597. The minimum atomic E-state index is -0.0597. The third-order valence-corrected chi connectivity index (χ3v) is 6.59. The van der Waals surface area contributed by atoms with Crippen LogP contribution in [0.15, 0.2) is 12.4 Å². The second-order valence-corrected chi connectivity index (χ2v) is 7.72. The van der Waals surface area contributed by atoms with Gasteiger partial charge in [-0.05, 0) is 13.3 Å². The number of rotatable bonds is 4. The van der Waals surface area contributed by atoms with Crippen LogP contribution in [0.5, 0.6) is 0 Å². The molecule has 21 heavy (non-hydrogen) atoms. The molecule has 0 unspecified atom stereocenters. The smallest absolute Gasteiger partial charge is 0.234 e. The molecule has 7 heteroatoms. The summed E-state index contributed by atoms with van der Waals surface area (Å²) in [6.45, 7) is 3.60. The molecular formula is C14H21N3O2S2. The van der Waals surface area contributed by atoms with Crippen LogP contribution in [-0.2, 0) is 16.1 Å². The Hall–Kier alpha value is -0.660. The van der Waals surface area contributed by atoms with Crippen molar-refractivity contribution in [1.82, 2.24) is 15.1 Å². The highest BCUT2D eigenvalue weighted by Gasteiger charge is 2.34. The van der Waals surface area contributed by atoms with Crippen molar-refractivity contribution in [3.63, 3.8) is 0 Å². The van der Waals surface area contributed by atoms with E-state index in [2.05, 4.69) is 17.3 Å². The lowest BCUT2D eigenvalue weighted by Crippen LogP contribution is -2.43. The predicted octanol–water partition coefficient (Wildman–Crippen LogP) is 1.70. The van der Waals surface area contributed by atoms with E-state index in [-0.39, 0.29) is 23.3 Å². The Labute approximate surface area is 133 Å². The van der Waals surface area contributed by atoms with Crippen LogP contribution < -0.4 is 5.32 Å². The van der Waals surface area contributed by atoms with Gasteiger partial charge in [-0.15, -0.1) is 11.8 Å². The number of amides is 1. The number of hydrogen-bond donors (Lipinski definition) is 1. The molecule has 2 aliphatic heterocycles. The van der Waals surface area contributed by atoms with Gasteiger partial charge in [0.2, 0.25) is 5.91 Å². The summed E-state index contributed by atoms with van der Waals surface area (Å²) in [4.78, 5) is 12.4. The average Bonchev–Trinajstić information content (AvgIpc) is 3.16. The number of aromatic nitrogens is 2. The number of thioether (sulfide) groups is 2. The maximum absolute atomic E-state index is 12.4. The van der Waals surface area contributed by atoms with E-state index in [1.54, 1.807) is 11.8 Å². The van der Waals surface area contributed by atoms with Crippen LogP contribution in [0.1, 0.15) is 25.0 Å². The fourth-order valence-electron chi connectivity index (χ4n) is 2.68. The van der Waals surface area contributed by atoms with Crippen molar-refractivity contribution in [2.24, 2.45) is 0 Å². The zero-order valence-electron chi connectivity index (χ0n) is 12.2. The van der Waals surface area contributed by atoms with Gasteiger partial charge in [0.25, 0.3) is 0 Å². The summed E-state index contributed by atoms with van der Waals surface area (Å²) in [7, 11) is 0. The van der Waals surface area contributed by atoms with Crippen LogP contribution in [0.2, 0.25) is 0 Å². The number of aryl methyl sites for hydroxylation is 1. The van der Waals surface area contributed by atoms with Crippen molar-refractivity contribution in [2.45, 2.75) is 37.3 Å². The van der Waals surface area contributed by atoms with Gasteiger partial charge in [0, 0.05) is 42.2 Å². The second kappa shape index (κ2) is 7.07. The summed E-state index contributed by atoms with van der Waals surface area (Å²) in [5, 5.41) is 7.57. The average molecular weight is 327 g/mol. The van der Waals surface area contributed by atoms with Crippen molar-refractivity contribution >= 4 is 29.4 Å². The van der Waals surface area contributed by atoms with Crippen molar-refractivity contribution < 1.29 is 9.53 Å². The molecule has 1 aromatic rings. The predicted molar refractivity (Wildman–Crippen MR) is 86.7 cm³/mol. The van der Waals surface area contributed by atoms with Crippen LogP contribution in [0.3, 0.4) is 0 Å². The summed E-state index contributed by atoms with van der Waals surface area (Å²) >= 11 is 3.64. The van der Waals surface area contributed by atoms with E-state index in [1.165, 1.54) is 0 Å². The van der Waals surface area contributed by atoms with Crippen LogP contribution >= 0.6 is 23.5 Å². The van der Waals surface area contributed by atoms with E-state index in [0.29, 0.717) is 6.61 Å². The zero-order valence-corrected chi connectivity index (χ0v) is 13.8. The van der Waals surface area contributed by atoms with Crippen molar-refractivity contribution in [3.8, 4) is 0 Å². The highest BCUT2D eigenvalue weighted by molar-refractivity contribution is 8.07. The molecule has 0 aliphatic carbocycles. The molecule has 3 atom stereocenters. The molecule has 116 valence electrons. The Kier molecular flexibility index (Phi) is 5.13. The Morgan fingerprint density at radius 3 is 3.19 bits per heavy atom. The lowest BCUT2D eigenvalue weighted by atomic mass is 10.1. The number of nitrogens with one attached hydrogen (secondary N) is 1. The van der Waals surface area contributed by atoms with E-state index in [4.69, 9.17) is 4.74 Å². The highest BCUT2D eigenvalue weighted by Crippen LogP contribution is 2.30. The SMILES string of the molecule is CCn1cc([C@H]2OCC[C@@H]2NC(=O)[C@H]2CSCCS2)cn1. The van der Waals surface area contributed by atoms with Crippen LogP contribution in [0, 0.1) is 0 Å². The van der Waals surface area contributed by atoms with Gasteiger partial charge in [0.1, 0.15) is 6.10 Å². The summed E-state index contributed by atoms with van der Waals surface area (Å²) in [5.41, 5.74) is 1.06. The molecule has 3 rings (SSSR count). The van der Waals surface area contributed by atoms with Gasteiger partial charge < -0.3 is 10.1 Å². The van der Waals surface area contributed by atoms with Crippen LogP contribution in [0.25, 0.3) is 0 Å². The standard InChI is InChI=1S/C14H21N3O2S2/c1-2-17-8-10(7-15-17)13-11(3-4-19-13)16-14(18)12-9-20-5-6-21-12/h7-8,11-13H,2-6,9H2,1H3,(H,16,18)/t11-,12+,13+/m0/s1. The first-order valence-corrected chi connectivity index (χ1v) is 9.62. The van der Waals surface area contributed by atoms with Gasteiger partial charge in [0.15, 0.2) is 0 Å². The topological polar surface area (TPSA) is 56.1 Å². The Balaban J connectivity index is 1.62. The highest BCUT2D eigenvalue weighted by atomic mass is 32.2. The fraction of sp³-hybridized carbons (Fsp3) is 0.714. The molecule has 0 spiro atoms. The number of hydrogen-bond acceptors (Lipinski definition) is 5. The van der Waals surface area contributed by atoms with E-state index < -0.39 is 0 Å². The molecule has 3 heterocycles. The minimum Gasteiger partial charge on any atom is -0.371 e. The first-order chi connectivity index (χ1) is 10.3. The largest absolute Gasteiger partial charge is 0.371 e. The molecule has 0 radical (unpaired) electrons. The summed E-state index contributed by atoms with van der Waals surface area (Å²) < 4.78 is 7.71. The van der Waals surface area contributed by atoms with Crippen molar-refractivity contribution in [3.05, 3.63) is 18.0 Å². The van der Waals surface area contributed by atoms with E-state index in [9.17, 15) is 4.79 Å². The van der Waals surface area contributed by atoms with Gasteiger partial charge in [-0.3, -0.25) is 9.48 Å². The lowest BCUT2D eigenvalue weighted by Gasteiger charge is -2.24. The quantitative estimate of drug-likeness (QED) is 0.912. The zero-order chi connectivity index (χ0) is 14.7. The molecule has 2 aliphatic rings. The molecule has 1 aromatic heterocycles. The summed E-state index contributed by atoms with van der Waals surface area (Å²) in [6, 6.07) is 0.0690. The van der Waals surface area contributed by atoms with E-state index in [0.717, 1.165) is 35.8 Å². The van der Waals surface area contributed by atoms with Crippen molar-refractivity contribution in [1.29, 1.82) is 0 Å². The molecule has 5 nitrogen and oxygen atoms in total. The number of carbonyl (C=O) groups excluding carboxylic acids is 1. The molecule has 1 N–H and O–H groups in total. The Bertz CT molecular complexity index is 488. The van der Waals surface area contributed by atoms with Crippen LogP contribution in [0.4, 0.5) is 0 Å². The monoisotopic (exact) mass is 327 g/mol. The molecule has 1 amide bonds. The first kappa shape index (κ1) is 15.2. The van der Waals surface area contributed by atoms with Gasteiger partial charge in [-0.1, -0.05) is 0 Å². The Morgan fingerprint density at radius 1 is 1.57 bits per heavy atom. The third kappa shape index (κ3) is 3.57. The molecule has 0 aromatic carbocycles. The maximum Gasteiger partial charge on any atom is 0.234 e. The van der Waals surface area contributed by atoms with Gasteiger partial charge in [-0.25, -0.2) is 0 Å².